The Morgan fingerprint density at radius 3 is 2.32 bits per heavy atom. The van der Waals surface area contributed by atoms with Crippen LogP contribution in [-0.2, 0) is 11.3 Å². The summed E-state index contributed by atoms with van der Waals surface area (Å²) in [5.41, 5.74) is 5.04. The van der Waals surface area contributed by atoms with Gasteiger partial charge in [-0.05, 0) is 43.5 Å². The number of benzene rings is 2. The average Bonchev–Trinajstić information content (AvgIpc) is 2.70. The lowest BCUT2D eigenvalue weighted by molar-refractivity contribution is -0.133. The smallest absolute Gasteiger partial charge is 0.237 e. The minimum absolute atomic E-state index is 0.242. The van der Waals surface area contributed by atoms with E-state index in [-0.39, 0.29) is 5.91 Å². The molecular formula is C24H33N3O. The Balaban J connectivity index is 1.53. The molecule has 0 unspecified atom stereocenters. The average molecular weight is 380 g/mol. The van der Waals surface area contributed by atoms with Crippen molar-refractivity contribution in [1.82, 2.24) is 9.80 Å². The van der Waals surface area contributed by atoms with Gasteiger partial charge in [0.05, 0.1) is 6.54 Å². The van der Waals surface area contributed by atoms with Crippen molar-refractivity contribution in [3.05, 3.63) is 65.2 Å². The van der Waals surface area contributed by atoms with E-state index in [1.54, 1.807) is 0 Å². The van der Waals surface area contributed by atoms with E-state index < -0.39 is 0 Å². The number of nitrogens with zero attached hydrogens (tertiary/aromatic N) is 3. The third-order valence-corrected chi connectivity index (χ3v) is 5.44. The number of carbonyl (C=O) groups excluding carboxylic acids is 1. The molecule has 0 aliphatic carbocycles. The van der Waals surface area contributed by atoms with Crippen LogP contribution in [-0.4, -0.2) is 55.0 Å². The largest absolute Gasteiger partial charge is 0.369 e. The minimum Gasteiger partial charge on any atom is -0.369 e. The van der Waals surface area contributed by atoms with Gasteiger partial charge in [0.25, 0.3) is 0 Å². The van der Waals surface area contributed by atoms with E-state index in [1.807, 2.05) is 4.90 Å². The first-order valence-electron chi connectivity index (χ1n) is 10.4. The lowest BCUT2D eigenvalue weighted by Gasteiger charge is -2.36. The summed E-state index contributed by atoms with van der Waals surface area (Å²) < 4.78 is 0. The van der Waals surface area contributed by atoms with Crippen LogP contribution in [0.5, 0.6) is 0 Å². The zero-order valence-corrected chi connectivity index (χ0v) is 17.5. The Bertz CT molecular complexity index is 764. The van der Waals surface area contributed by atoms with Gasteiger partial charge in [-0.2, -0.15) is 0 Å². The van der Waals surface area contributed by atoms with Crippen molar-refractivity contribution in [2.45, 2.75) is 33.7 Å². The van der Waals surface area contributed by atoms with Crippen LogP contribution in [0, 0.1) is 13.8 Å². The third-order valence-electron chi connectivity index (χ3n) is 5.44. The Morgan fingerprint density at radius 2 is 1.68 bits per heavy atom. The minimum atomic E-state index is 0.242. The summed E-state index contributed by atoms with van der Waals surface area (Å²) in [4.78, 5) is 19.7. The monoisotopic (exact) mass is 379 g/mol. The van der Waals surface area contributed by atoms with Gasteiger partial charge in [0.1, 0.15) is 0 Å². The summed E-state index contributed by atoms with van der Waals surface area (Å²) in [7, 11) is 0. The molecule has 1 aliphatic heterocycles. The van der Waals surface area contributed by atoms with Crippen molar-refractivity contribution in [1.29, 1.82) is 0 Å². The first-order chi connectivity index (χ1) is 13.5. The van der Waals surface area contributed by atoms with Gasteiger partial charge in [-0.25, -0.2) is 0 Å². The van der Waals surface area contributed by atoms with E-state index in [0.29, 0.717) is 13.1 Å². The number of carbonyl (C=O) groups is 1. The fraction of sp³-hybridized carbons (Fsp3) is 0.458. The number of aryl methyl sites for hydroxylation is 2. The molecule has 0 atom stereocenters. The second-order valence-corrected chi connectivity index (χ2v) is 7.90. The van der Waals surface area contributed by atoms with Crippen molar-refractivity contribution in [2.75, 3.05) is 44.2 Å². The lowest BCUT2D eigenvalue weighted by Crippen LogP contribution is -2.50. The Labute approximate surface area is 169 Å². The first kappa shape index (κ1) is 20.4. The van der Waals surface area contributed by atoms with Crippen LogP contribution < -0.4 is 4.90 Å². The Hall–Kier alpha value is -2.33. The summed E-state index contributed by atoms with van der Waals surface area (Å²) in [5.74, 6) is 0.242. The van der Waals surface area contributed by atoms with E-state index in [2.05, 4.69) is 79.1 Å². The summed E-state index contributed by atoms with van der Waals surface area (Å²) in [6, 6.07) is 17.2. The zero-order valence-electron chi connectivity index (χ0n) is 17.5. The van der Waals surface area contributed by atoms with Gasteiger partial charge in [-0.1, -0.05) is 48.9 Å². The van der Waals surface area contributed by atoms with E-state index in [4.69, 9.17) is 0 Å². The Morgan fingerprint density at radius 1 is 0.964 bits per heavy atom. The van der Waals surface area contributed by atoms with E-state index in [9.17, 15) is 4.79 Å². The van der Waals surface area contributed by atoms with Gasteiger partial charge in [0.15, 0.2) is 0 Å². The van der Waals surface area contributed by atoms with Crippen LogP contribution in [0.25, 0.3) is 0 Å². The topological polar surface area (TPSA) is 26.8 Å². The molecule has 4 heteroatoms. The molecule has 2 aromatic carbocycles. The predicted octanol–water partition coefficient (Wildman–Crippen LogP) is 3.86. The molecule has 0 spiro atoms. The summed E-state index contributed by atoms with van der Waals surface area (Å²) in [5, 5.41) is 0. The number of hydrogen-bond donors (Lipinski definition) is 0. The molecule has 0 aromatic heterocycles. The highest BCUT2D eigenvalue weighted by Gasteiger charge is 2.22. The van der Waals surface area contributed by atoms with Crippen molar-refractivity contribution in [3.63, 3.8) is 0 Å². The highest BCUT2D eigenvalue weighted by Crippen LogP contribution is 2.18. The molecule has 1 aliphatic rings. The van der Waals surface area contributed by atoms with Crippen LogP contribution in [0.3, 0.4) is 0 Å². The predicted molar refractivity (Wildman–Crippen MR) is 117 cm³/mol. The SMILES string of the molecule is CCCN(Cc1ccc(C)cc1)C(=O)CN1CCN(c2cccc(C)c2)CC1. The zero-order chi connectivity index (χ0) is 19.9. The van der Waals surface area contributed by atoms with Crippen LogP contribution in [0.2, 0.25) is 0 Å². The number of amides is 1. The fourth-order valence-electron chi connectivity index (χ4n) is 3.76. The molecule has 28 heavy (non-hydrogen) atoms. The second-order valence-electron chi connectivity index (χ2n) is 7.90. The van der Waals surface area contributed by atoms with Gasteiger partial charge in [0, 0.05) is 45.0 Å². The lowest BCUT2D eigenvalue weighted by atomic mass is 10.1. The quantitative estimate of drug-likeness (QED) is 0.731. The van der Waals surface area contributed by atoms with Crippen molar-refractivity contribution in [3.8, 4) is 0 Å². The maximum Gasteiger partial charge on any atom is 0.237 e. The van der Waals surface area contributed by atoms with Gasteiger partial charge >= 0.3 is 0 Å². The van der Waals surface area contributed by atoms with Crippen LogP contribution in [0.1, 0.15) is 30.0 Å². The molecular weight excluding hydrogens is 346 g/mol. The molecule has 150 valence electrons. The second kappa shape index (κ2) is 9.74. The number of hydrogen-bond acceptors (Lipinski definition) is 3. The molecule has 1 saturated heterocycles. The summed E-state index contributed by atoms with van der Waals surface area (Å²) in [6.07, 6.45) is 0.985. The molecule has 4 nitrogen and oxygen atoms in total. The maximum atomic E-state index is 12.9. The fourth-order valence-corrected chi connectivity index (χ4v) is 3.76. The molecule has 2 aromatic rings. The molecule has 0 N–H and O–H groups in total. The number of rotatable bonds is 7. The third kappa shape index (κ3) is 5.59. The number of piperazine rings is 1. The van der Waals surface area contributed by atoms with Gasteiger partial charge in [-0.15, -0.1) is 0 Å². The maximum absolute atomic E-state index is 12.9. The number of anilines is 1. The van der Waals surface area contributed by atoms with Crippen LogP contribution in [0.15, 0.2) is 48.5 Å². The van der Waals surface area contributed by atoms with E-state index >= 15 is 0 Å². The highest BCUT2D eigenvalue weighted by atomic mass is 16.2. The molecule has 3 rings (SSSR count). The molecule has 0 bridgehead atoms. The summed E-state index contributed by atoms with van der Waals surface area (Å²) >= 11 is 0. The molecule has 1 fully saturated rings. The standard InChI is InChI=1S/C24H33N3O/c1-4-12-27(18-22-10-8-20(2)9-11-22)24(28)19-25-13-15-26(16-14-25)23-7-5-6-21(3)17-23/h5-11,17H,4,12-16,18-19H2,1-3H3. The molecule has 0 radical (unpaired) electrons. The van der Waals surface area contributed by atoms with Crippen LogP contribution in [0.4, 0.5) is 5.69 Å². The van der Waals surface area contributed by atoms with Crippen molar-refractivity contribution in [2.24, 2.45) is 0 Å². The van der Waals surface area contributed by atoms with Crippen molar-refractivity contribution < 1.29 is 4.79 Å². The van der Waals surface area contributed by atoms with Gasteiger partial charge in [0.2, 0.25) is 5.91 Å². The Kier molecular flexibility index (Phi) is 7.10. The highest BCUT2D eigenvalue weighted by molar-refractivity contribution is 5.78. The normalized spacial score (nSPS) is 14.9. The molecule has 1 heterocycles. The van der Waals surface area contributed by atoms with Gasteiger partial charge in [-0.3, -0.25) is 9.69 Å². The van der Waals surface area contributed by atoms with Crippen molar-refractivity contribution >= 4 is 11.6 Å². The summed E-state index contributed by atoms with van der Waals surface area (Å²) in [6.45, 7) is 12.2. The molecule has 0 saturated carbocycles. The molecule has 1 amide bonds. The van der Waals surface area contributed by atoms with Crippen LogP contribution >= 0.6 is 0 Å². The van der Waals surface area contributed by atoms with E-state index in [0.717, 1.165) is 39.1 Å². The van der Waals surface area contributed by atoms with Gasteiger partial charge < -0.3 is 9.80 Å². The first-order valence-corrected chi connectivity index (χ1v) is 10.4. The van der Waals surface area contributed by atoms with E-state index in [1.165, 1.54) is 22.4 Å².